The Morgan fingerprint density at radius 2 is 1.38 bits per heavy atom. The molecular formula is C20H17Cl2N5O2. The second kappa shape index (κ2) is 8.23. The molecule has 9 heteroatoms. The number of carbonyl (C=O) groups is 2. The monoisotopic (exact) mass is 429 g/mol. The minimum atomic E-state index is -0.428. The van der Waals surface area contributed by atoms with Crippen molar-refractivity contribution in [3.63, 3.8) is 0 Å². The van der Waals surface area contributed by atoms with Gasteiger partial charge in [-0.2, -0.15) is 10.2 Å². The molecule has 4 rings (SSSR count). The molecule has 0 aromatic heterocycles. The lowest BCUT2D eigenvalue weighted by Gasteiger charge is -2.26. The van der Waals surface area contributed by atoms with Gasteiger partial charge in [-0.15, -0.1) is 0 Å². The van der Waals surface area contributed by atoms with Crippen LogP contribution in [0.2, 0.25) is 10.0 Å². The van der Waals surface area contributed by atoms with Crippen LogP contribution in [0.3, 0.4) is 0 Å². The van der Waals surface area contributed by atoms with Gasteiger partial charge in [0.1, 0.15) is 0 Å². The van der Waals surface area contributed by atoms with Crippen LogP contribution in [0, 0.1) is 11.8 Å². The normalized spacial score (nSPS) is 21.3. The number of amides is 2. The van der Waals surface area contributed by atoms with Crippen LogP contribution in [0.5, 0.6) is 0 Å². The van der Waals surface area contributed by atoms with E-state index in [9.17, 15) is 9.59 Å². The molecule has 2 aromatic rings. The minimum Gasteiger partial charge on any atom is -0.303 e. The zero-order chi connectivity index (χ0) is 20.4. The Labute approximate surface area is 177 Å². The van der Waals surface area contributed by atoms with E-state index < -0.39 is 11.8 Å². The molecule has 1 aliphatic heterocycles. The maximum atomic E-state index is 12.1. The minimum absolute atomic E-state index is 0.250. The number of azo groups is 1. The highest BCUT2D eigenvalue weighted by Crippen LogP contribution is 2.38. The number of hydrogen-bond acceptors (Lipinski definition) is 6. The number of hydrazine groups is 1. The van der Waals surface area contributed by atoms with Crippen molar-refractivity contribution < 1.29 is 9.59 Å². The fraction of sp³-hybridized carbons (Fsp3) is 0.200. The SMILES string of the molecule is O=C1NC(=O)C2CC(NNc3ccc(Cl)cc3)=C(/N=N/c3ccc(Cl)cc3)CC12. The average molecular weight is 430 g/mol. The Kier molecular flexibility index (Phi) is 5.51. The number of halogens is 2. The van der Waals surface area contributed by atoms with Crippen LogP contribution in [0.1, 0.15) is 12.8 Å². The number of nitrogens with zero attached hydrogens (tertiary/aromatic N) is 2. The molecule has 0 saturated carbocycles. The first kappa shape index (κ1) is 19.4. The van der Waals surface area contributed by atoms with E-state index in [0.29, 0.717) is 40.0 Å². The molecule has 1 heterocycles. The Morgan fingerprint density at radius 1 is 0.793 bits per heavy atom. The van der Waals surface area contributed by atoms with E-state index >= 15 is 0 Å². The van der Waals surface area contributed by atoms with Gasteiger partial charge < -0.3 is 10.9 Å². The third-order valence-electron chi connectivity index (χ3n) is 4.91. The molecule has 1 aliphatic carbocycles. The molecule has 2 atom stereocenters. The number of nitrogens with one attached hydrogen (secondary N) is 3. The largest absolute Gasteiger partial charge is 0.303 e. The summed E-state index contributed by atoms with van der Waals surface area (Å²) in [5.41, 5.74) is 8.97. The standard InChI is InChI=1S/C20H17Cl2N5O2/c21-11-1-5-13(6-2-11)24-26-17-9-15-16(20(29)23-19(15)28)10-18(17)27-25-14-7-3-12(22)4-8-14/h1-8,15-16,24,26H,9-10H2,(H,23,28,29)/b27-25+. The number of imide groups is 1. The van der Waals surface area contributed by atoms with Gasteiger partial charge in [0, 0.05) is 22.9 Å². The van der Waals surface area contributed by atoms with Crippen LogP contribution < -0.4 is 16.2 Å². The Hall–Kier alpha value is -2.90. The zero-order valence-electron chi connectivity index (χ0n) is 15.2. The predicted molar refractivity (Wildman–Crippen MR) is 111 cm³/mol. The van der Waals surface area contributed by atoms with Crippen molar-refractivity contribution in [3.8, 4) is 0 Å². The number of hydrogen-bond donors (Lipinski definition) is 3. The Bertz CT molecular complexity index is 1000. The van der Waals surface area contributed by atoms with E-state index in [1.807, 2.05) is 12.1 Å². The Morgan fingerprint density at radius 3 is 2.03 bits per heavy atom. The maximum absolute atomic E-state index is 12.1. The molecule has 7 nitrogen and oxygen atoms in total. The highest BCUT2D eigenvalue weighted by Gasteiger charge is 2.45. The van der Waals surface area contributed by atoms with Crippen LogP contribution in [-0.2, 0) is 9.59 Å². The molecule has 0 bridgehead atoms. The van der Waals surface area contributed by atoms with Crippen LogP contribution in [0.25, 0.3) is 0 Å². The second-order valence-electron chi connectivity index (χ2n) is 6.83. The molecule has 29 heavy (non-hydrogen) atoms. The van der Waals surface area contributed by atoms with Crippen LogP contribution in [-0.4, -0.2) is 11.8 Å². The van der Waals surface area contributed by atoms with E-state index in [4.69, 9.17) is 23.2 Å². The highest BCUT2D eigenvalue weighted by molar-refractivity contribution is 6.30. The smallest absolute Gasteiger partial charge is 0.230 e. The maximum Gasteiger partial charge on any atom is 0.230 e. The van der Waals surface area contributed by atoms with Gasteiger partial charge in [-0.3, -0.25) is 14.9 Å². The first-order valence-electron chi connectivity index (χ1n) is 9.01. The van der Waals surface area contributed by atoms with Crippen LogP contribution >= 0.6 is 23.2 Å². The van der Waals surface area contributed by atoms with E-state index in [2.05, 4.69) is 26.4 Å². The lowest BCUT2D eigenvalue weighted by Crippen LogP contribution is -2.31. The summed E-state index contributed by atoms with van der Waals surface area (Å²) in [6.45, 7) is 0. The van der Waals surface area contributed by atoms with Crippen molar-refractivity contribution in [1.82, 2.24) is 10.7 Å². The Balaban J connectivity index is 1.58. The third kappa shape index (κ3) is 4.41. The van der Waals surface area contributed by atoms with Crippen LogP contribution in [0.15, 0.2) is 70.2 Å². The van der Waals surface area contributed by atoms with Crippen molar-refractivity contribution in [3.05, 3.63) is 70.0 Å². The van der Waals surface area contributed by atoms with Crippen molar-refractivity contribution >= 4 is 46.4 Å². The van der Waals surface area contributed by atoms with Crippen molar-refractivity contribution in [2.24, 2.45) is 22.1 Å². The van der Waals surface area contributed by atoms with Gasteiger partial charge in [0.25, 0.3) is 0 Å². The molecule has 2 aliphatic rings. The second-order valence-corrected chi connectivity index (χ2v) is 7.71. The molecule has 148 valence electrons. The number of allylic oxidation sites excluding steroid dienone is 2. The fourth-order valence-electron chi connectivity index (χ4n) is 3.34. The van der Waals surface area contributed by atoms with E-state index in [0.717, 1.165) is 5.69 Å². The van der Waals surface area contributed by atoms with Crippen molar-refractivity contribution in [1.29, 1.82) is 0 Å². The zero-order valence-corrected chi connectivity index (χ0v) is 16.7. The summed E-state index contributed by atoms with van der Waals surface area (Å²) in [6.07, 6.45) is 0.682. The summed E-state index contributed by atoms with van der Waals surface area (Å²) in [4.78, 5) is 24.2. The molecule has 3 N–H and O–H groups in total. The quantitative estimate of drug-likeness (QED) is 0.368. The third-order valence-corrected chi connectivity index (χ3v) is 5.41. The summed E-state index contributed by atoms with van der Waals surface area (Å²) in [5, 5.41) is 12.3. The summed E-state index contributed by atoms with van der Waals surface area (Å²) < 4.78 is 0. The highest BCUT2D eigenvalue weighted by atomic mass is 35.5. The topological polar surface area (TPSA) is 95.0 Å². The van der Waals surface area contributed by atoms with Crippen molar-refractivity contribution in [2.45, 2.75) is 12.8 Å². The average Bonchev–Trinajstić information content (AvgIpc) is 2.99. The number of anilines is 1. The molecule has 2 amide bonds. The predicted octanol–water partition coefficient (Wildman–Crippen LogP) is 4.59. The van der Waals surface area contributed by atoms with E-state index in [-0.39, 0.29) is 11.8 Å². The molecule has 1 saturated heterocycles. The van der Waals surface area contributed by atoms with Gasteiger partial charge in [0.05, 0.1) is 34.6 Å². The number of carbonyl (C=O) groups excluding carboxylic acids is 2. The fourth-order valence-corrected chi connectivity index (χ4v) is 3.59. The summed E-state index contributed by atoms with van der Waals surface area (Å²) in [7, 11) is 0. The first-order valence-corrected chi connectivity index (χ1v) is 9.77. The molecule has 1 fully saturated rings. The lowest BCUT2D eigenvalue weighted by molar-refractivity contribution is -0.126. The molecule has 2 aromatic carbocycles. The van der Waals surface area contributed by atoms with Crippen molar-refractivity contribution in [2.75, 3.05) is 5.43 Å². The lowest BCUT2D eigenvalue weighted by atomic mass is 9.82. The molecule has 0 spiro atoms. The number of rotatable bonds is 5. The van der Waals surface area contributed by atoms with Gasteiger partial charge in [0.15, 0.2) is 0 Å². The van der Waals surface area contributed by atoms with Gasteiger partial charge in [-0.1, -0.05) is 23.2 Å². The van der Waals surface area contributed by atoms with Gasteiger partial charge in [0.2, 0.25) is 11.8 Å². The van der Waals surface area contributed by atoms with E-state index in [1.165, 1.54) is 0 Å². The molecular weight excluding hydrogens is 413 g/mol. The van der Waals surface area contributed by atoms with Gasteiger partial charge in [-0.05, 0) is 48.5 Å². The van der Waals surface area contributed by atoms with E-state index in [1.54, 1.807) is 36.4 Å². The first-order chi connectivity index (χ1) is 14.0. The summed E-state index contributed by atoms with van der Waals surface area (Å²) in [6, 6.07) is 14.1. The molecule has 0 radical (unpaired) electrons. The van der Waals surface area contributed by atoms with Crippen LogP contribution in [0.4, 0.5) is 11.4 Å². The van der Waals surface area contributed by atoms with Gasteiger partial charge >= 0.3 is 0 Å². The summed E-state index contributed by atoms with van der Waals surface area (Å²) >= 11 is 11.8. The summed E-state index contributed by atoms with van der Waals surface area (Å²) in [5.74, 6) is -1.35. The van der Waals surface area contributed by atoms with Gasteiger partial charge in [-0.25, -0.2) is 0 Å². The number of benzene rings is 2. The molecule has 2 unspecified atom stereocenters. The number of fused-ring (bicyclic) bond motifs is 1.